The summed E-state index contributed by atoms with van der Waals surface area (Å²) in [4.78, 5) is 6.69. The van der Waals surface area contributed by atoms with E-state index in [4.69, 9.17) is 18.9 Å². The SMILES string of the molecule is COc1cc2c(Oc3ccc(Nc4ccc(C(C)(C)C)cc4)cc3)ccnc2cc1OCC(O)CN1CCOCC1. The number of rotatable bonds is 10. The van der Waals surface area contributed by atoms with Crippen molar-refractivity contribution in [3.63, 3.8) is 0 Å². The molecule has 4 aromatic rings. The molecule has 0 spiro atoms. The Morgan fingerprint density at radius 3 is 2.27 bits per heavy atom. The summed E-state index contributed by atoms with van der Waals surface area (Å²) in [5.74, 6) is 2.44. The molecule has 1 aliphatic heterocycles. The van der Waals surface area contributed by atoms with Gasteiger partial charge in [-0.3, -0.25) is 9.88 Å². The number of β-amino-alcohol motifs (C(OH)–C–C–N with tert-alkyl or cyclic N) is 1. The topological polar surface area (TPSA) is 85.3 Å². The first-order chi connectivity index (χ1) is 19.8. The fourth-order valence-corrected chi connectivity index (χ4v) is 4.76. The number of aliphatic hydroxyl groups excluding tert-OH is 1. The number of benzene rings is 3. The summed E-state index contributed by atoms with van der Waals surface area (Å²) >= 11 is 0. The van der Waals surface area contributed by atoms with Gasteiger partial charge in [-0.1, -0.05) is 32.9 Å². The maximum absolute atomic E-state index is 10.5. The smallest absolute Gasteiger partial charge is 0.163 e. The predicted octanol–water partition coefficient (Wildman–Crippen LogP) is 6.15. The van der Waals surface area contributed by atoms with Gasteiger partial charge in [-0.2, -0.15) is 0 Å². The fraction of sp³-hybridized carbons (Fsp3) is 0.364. The summed E-state index contributed by atoms with van der Waals surface area (Å²) in [6, 6.07) is 21.9. The van der Waals surface area contributed by atoms with E-state index in [1.807, 2.05) is 42.5 Å². The number of hydrogen-bond donors (Lipinski definition) is 2. The van der Waals surface area contributed by atoms with Crippen molar-refractivity contribution in [1.29, 1.82) is 0 Å². The molecule has 1 saturated heterocycles. The number of pyridine rings is 1. The predicted molar refractivity (Wildman–Crippen MR) is 162 cm³/mol. The van der Waals surface area contributed by atoms with Gasteiger partial charge in [0.2, 0.25) is 0 Å². The van der Waals surface area contributed by atoms with Crippen molar-refractivity contribution in [1.82, 2.24) is 9.88 Å². The Labute approximate surface area is 241 Å². The fourth-order valence-electron chi connectivity index (χ4n) is 4.76. The number of nitrogens with zero attached hydrogens (tertiary/aromatic N) is 2. The maximum Gasteiger partial charge on any atom is 0.163 e. The van der Waals surface area contributed by atoms with E-state index in [-0.39, 0.29) is 12.0 Å². The maximum atomic E-state index is 10.5. The second kappa shape index (κ2) is 12.8. The van der Waals surface area contributed by atoms with Gasteiger partial charge in [-0.15, -0.1) is 0 Å². The number of ether oxygens (including phenoxy) is 4. The van der Waals surface area contributed by atoms with Gasteiger partial charge in [-0.05, 0) is 59.5 Å². The monoisotopic (exact) mass is 557 g/mol. The highest BCUT2D eigenvalue weighted by atomic mass is 16.5. The van der Waals surface area contributed by atoms with Crippen LogP contribution in [0.15, 0.2) is 72.9 Å². The van der Waals surface area contributed by atoms with Gasteiger partial charge in [0.15, 0.2) is 11.5 Å². The quantitative estimate of drug-likeness (QED) is 0.240. The average molecular weight is 558 g/mol. The Morgan fingerprint density at radius 2 is 1.61 bits per heavy atom. The summed E-state index contributed by atoms with van der Waals surface area (Å²) in [6.45, 7) is 10.3. The molecule has 8 heteroatoms. The van der Waals surface area contributed by atoms with Crippen LogP contribution in [0.25, 0.3) is 10.9 Å². The number of methoxy groups -OCH3 is 1. The molecule has 1 unspecified atom stereocenters. The van der Waals surface area contributed by atoms with E-state index in [0.717, 1.165) is 29.9 Å². The van der Waals surface area contributed by atoms with Crippen LogP contribution < -0.4 is 19.5 Å². The van der Waals surface area contributed by atoms with Gasteiger partial charge in [-0.25, -0.2) is 0 Å². The van der Waals surface area contributed by atoms with E-state index in [2.05, 4.69) is 60.2 Å². The van der Waals surface area contributed by atoms with Crippen molar-refractivity contribution in [2.24, 2.45) is 0 Å². The van der Waals surface area contributed by atoms with Crippen molar-refractivity contribution in [2.45, 2.75) is 32.3 Å². The van der Waals surface area contributed by atoms with Crippen molar-refractivity contribution in [3.05, 3.63) is 78.5 Å². The molecule has 1 aromatic heterocycles. The van der Waals surface area contributed by atoms with Crippen molar-refractivity contribution < 1.29 is 24.1 Å². The Balaban J connectivity index is 1.25. The lowest BCUT2D eigenvalue weighted by Gasteiger charge is -2.28. The minimum atomic E-state index is -0.628. The highest BCUT2D eigenvalue weighted by molar-refractivity contribution is 5.88. The van der Waals surface area contributed by atoms with Crippen LogP contribution in [0.3, 0.4) is 0 Å². The van der Waals surface area contributed by atoms with E-state index in [9.17, 15) is 5.11 Å². The molecule has 0 saturated carbocycles. The lowest BCUT2D eigenvalue weighted by atomic mass is 9.87. The summed E-state index contributed by atoms with van der Waals surface area (Å²) in [5, 5.41) is 14.7. The molecule has 1 fully saturated rings. The minimum absolute atomic E-state index is 0.124. The normalized spacial score (nSPS) is 15.0. The Hall–Kier alpha value is -3.85. The molecule has 5 rings (SSSR count). The molecule has 2 N–H and O–H groups in total. The number of morpholine rings is 1. The molecule has 216 valence electrons. The lowest BCUT2D eigenvalue weighted by Crippen LogP contribution is -2.42. The van der Waals surface area contributed by atoms with E-state index >= 15 is 0 Å². The number of aromatic nitrogens is 1. The standard InChI is InChI=1S/C33H39N3O5/c1-33(2,3)23-5-7-24(8-6-23)35-25-9-11-27(12-10-25)41-30-13-14-34-29-20-32(31(38-4)19-28(29)30)40-22-26(37)21-36-15-17-39-18-16-36/h5-14,19-20,26,35,37H,15-18,21-22H2,1-4H3. The average Bonchev–Trinajstić information content (AvgIpc) is 2.97. The molecule has 1 atom stereocenters. The van der Waals surface area contributed by atoms with Crippen molar-refractivity contribution in [2.75, 3.05) is 51.9 Å². The zero-order chi connectivity index (χ0) is 28.8. The zero-order valence-electron chi connectivity index (χ0n) is 24.2. The van der Waals surface area contributed by atoms with Crippen LogP contribution in [-0.4, -0.2) is 67.7 Å². The summed E-state index contributed by atoms with van der Waals surface area (Å²) in [6.07, 6.45) is 1.08. The number of nitrogens with one attached hydrogen (secondary N) is 1. The lowest BCUT2D eigenvalue weighted by molar-refractivity contribution is 0.00446. The Kier molecular flexibility index (Phi) is 8.93. The molecule has 1 aliphatic rings. The van der Waals surface area contributed by atoms with Crippen LogP contribution >= 0.6 is 0 Å². The minimum Gasteiger partial charge on any atom is -0.493 e. The van der Waals surface area contributed by atoms with E-state index in [1.54, 1.807) is 13.3 Å². The first-order valence-electron chi connectivity index (χ1n) is 14.0. The molecule has 41 heavy (non-hydrogen) atoms. The van der Waals surface area contributed by atoms with E-state index in [1.165, 1.54) is 5.56 Å². The van der Waals surface area contributed by atoms with Gasteiger partial charge < -0.3 is 29.4 Å². The second-order valence-electron chi connectivity index (χ2n) is 11.3. The van der Waals surface area contributed by atoms with Crippen LogP contribution in [0.1, 0.15) is 26.3 Å². The highest BCUT2D eigenvalue weighted by Gasteiger charge is 2.18. The molecule has 0 amide bonds. The molecule has 0 radical (unpaired) electrons. The van der Waals surface area contributed by atoms with Crippen LogP contribution in [0, 0.1) is 0 Å². The summed E-state index contributed by atoms with van der Waals surface area (Å²) < 4.78 is 23.2. The Bertz CT molecular complexity index is 1430. The molecule has 3 aromatic carbocycles. The van der Waals surface area contributed by atoms with Gasteiger partial charge >= 0.3 is 0 Å². The molecular weight excluding hydrogens is 518 g/mol. The Morgan fingerprint density at radius 1 is 0.927 bits per heavy atom. The first-order valence-corrected chi connectivity index (χ1v) is 14.0. The summed E-state index contributed by atoms with van der Waals surface area (Å²) in [5.41, 5.74) is 4.13. The van der Waals surface area contributed by atoms with Crippen molar-refractivity contribution >= 4 is 22.3 Å². The molecule has 0 aliphatic carbocycles. The van der Waals surface area contributed by atoms with Crippen LogP contribution in [0.2, 0.25) is 0 Å². The molecule has 2 heterocycles. The first kappa shape index (κ1) is 28.7. The van der Waals surface area contributed by atoms with Crippen molar-refractivity contribution in [3.8, 4) is 23.0 Å². The van der Waals surface area contributed by atoms with Gasteiger partial charge in [0.1, 0.15) is 24.2 Å². The zero-order valence-corrected chi connectivity index (χ0v) is 24.2. The third-order valence-corrected chi connectivity index (χ3v) is 7.11. The third-order valence-electron chi connectivity index (χ3n) is 7.11. The molecule has 0 bridgehead atoms. The number of anilines is 2. The number of hydrogen-bond acceptors (Lipinski definition) is 8. The second-order valence-corrected chi connectivity index (χ2v) is 11.3. The largest absolute Gasteiger partial charge is 0.493 e. The van der Waals surface area contributed by atoms with Crippen LogP contribution in [0.5, 0.6) is 23.0 Å². The van der Waals surface area contributed by atoms with E-state index < -0.39 is 6.10 Å². The molecule has 8 nitrogen and oxygen atoms in total. The number of fused-ring (bicyclic) bond motifs is 1. The third kappa shape index (κ3) is 7.47. The van der Waals surface area contributed by atoms with Gasteiger partial charge in [0, 0.05) is 48.7 Å². The van der Waals surface area contributed by atoms with Crippen LogP contribution in [-0.2, 0) is 10.2 Å². The molecular formula is C33H39N3O5. The summed E-state index contributed by atoms with van der Waals surface area (Å²) in [7, 11) is 1.59. The van der Waals surface area contributed by atoms with Gasteiger partial charge in [0.05, 0.1) is 25.8 Å². The van der Waals surface area contributed by atoms with Crippen LogP contribution in [0.4, 0.5) is 11.4 Å². The van der Waals surface area contributed by atoms with Gasteiger partial charge in [0.25, 0.3) is 0 Å². The number of aliphatic hydroxyl groups is 1. The highest BCUT2D eigenvalue weighted by Crippen LogP contribution is 2.37. The van der Waals surface area contributed by atoms with E-state index in [0.29, 0.717) is 48.3 Å².